The lowest BCUT2D eigenvalue weighted by atomic mass is 10.1. The molecule has 3 aliphatic rings. The van der Waals surface area contributed by atoms with Crippen LogP contribution in [-0.4, -0.2) is 62.8 Å². The molecule has 0 atom stereocenters. The Balaban J connectivity index is 1.72. The van der Waals surface area contributed by atoms with Crippen LogP contribution in [0.1, 0.15) is 61.7 Å². The van der Waals surface area contributed by atoms with E-state index in [0.29, 0.717) is 23.5 Å². The molecule has 7 heteroatoms. The fraction of sp³-hybridized carbons (Fsp3) is 0.667. The summed E-state index contributed by atoms with van der Waals surface area (Å²) in [6, 6.07) is 5.33. The molecule has 3 aliphatic heterocycles. The second-order valence-corrected chi connectivity index (χ2v) is 10.1. The Morgan fingerprint density at radius 3 is 1.96 bits per heavy atom. The Bertz CT molecular complexity index is 806. The van der Waals surface area contributed by atoms with Crippen LogP contribution in [0.4, 0.5) is 5.69 Å². The van der Waals surface area contributed by atoms with Gasteiger partial charge < -0.3 is 9.80 Å². The highest BCUT2D eigenvalue weighted by molar-refractivity contribution is 7.89. The van der Waals surface area contributed by atoms with Crippen molar-refractivity contribution in [3.8, 4) is 0 Å². The molecule has 0 saturated carbocycles. The quantitative estimate of drug-likeness (QED) is 0.772. The minimum atomic E-state index is -3.60. The predicted molar refractivity (Wildman–Crippen MR) is 110 cm³/mol. The summed E-state index contributed by atoms with van der Waals surface area (Å²) < 4.78 is 28.7. The molecule has 0 N–H and O–H groups in total. The number of amides is 1. The van der Waals surface area contributed by atoms with Crippen molar-refractivity contribution in [3.63, 3.8) is 0 Å². The number of carbonyl (C=O) groups is 1. The number of hydrogen-bond acceptors (Lipinski definition) is 4. The number of anilines is 1. The normalized spacial score (nSPS) is 21.9. The largest absolute Gasteiger partial charge is 0.370 e. The van der Waals surface area contributed by atoms with Crippen molar-refractivity contribution in [2.45, 2.75) is 56.3 Å². The van der Waals surface area contributed by atoms with E-state index >= 15 is 0 Å². The first kappa shape index (κ1) is 19.7. The highest BCUT2D eigenvalue weighted by Gasteiger charge is 2.31. The molecule has 0 bridgehead atoms. The summed E-state index contributed by atoms with van der Waals surface area (Å²) in [5, 5.41) is 0. The Morgan fingerprint density at radius 2 is 1.32 bits per heavy atom. The number of hydrogen-bond donors (Lipinski definition) is 0. The van der Waals surface area contributed by atoms with Crippen molar-refractivity contribution in [1.82, 2.24) is 9.21 Å². The maximum atomic E-state index is 13.5. The van der Waals surface area contributed by atoms with Crippen LogP contribution in [0.3, 0.4) is 0 Å². The summed E-state index contributed by atoms with van der Waals surface area (Å²) in [5.74, 6) is -0.0437. The van der Waals surface area contributed by atoms with Crippen molar-refractivity contribution >= 4 is 21.6 Å². The van der Waals surface area contributed by atoms with E-state index in [4.69, 9.17) is 0 Å². The van der Waals surface area contributed by atoms with E-state index in [2.05, 4.69) is 4.90 Å². The third kappa shape index (κ3) is 3.92. The van der Waals surface area contributed by atoms with Crippen molar-refractivity contribution in [1.29, 1.82) is 0 Å². The molecule has 1 aromatic rings. The minimum absolute atomic E-state index is 0.0437. The van der Waals surface area contributed by atoms with Gasteiger partial charge >= 0.3 is 0 Å². The van der Waals surface area contributed by atoms with Gasteiger partial charge in [0.2, 0.25) is 10.0 Å². The first-order chi connectivity index (χ1) is 13.6. The lowest BCUT2D eigenvalue weighted by Gasteiger charge is -2.33. The lowest BCUT2D eigenvalue weighted by Crippen LogP contribution is -2.38. The molecule has 28 heavy (non-hydrogen) atoms. The highest BCUT2D eigenvalue weighted by atomic mass is 32.2. The zero-order chi connectivity index (χ0) is 19.6. The van der Waals surface area contributed by atoms with E-state index in [1.807, 2.05) is 17.0 Å². The van der Waals surface area contributed by atoms with Crippen LogP contribution in [0.15, 0.2) is 23.1 Å². The average molecular weight is 406 g/mol. The van der Waals surface area contributed by atoms with Crippen molar-refractivity contribution in [2.24, 2.45) is 0 Å². The highest BCUT2D eigenvalue weighted by Crippen LogP contribution is 2.33. The SMILES string of the molecule is O=C(c1ccc(N2CCCCC2)c(S(=O)(=O)N2CCCCC2)c1)N1CCCC1. The van der Waals surface area contributed by atoms with Gasteiger partial charge in [0.25, 0.3) is 5.91 Å². The second-order valence-electron chi connectivity index (χ2n) is 8.19. The number of rotatable bonds is 4. The summed E-state index contributed by atoms with van der Waals surface area (Å²) in [4.78, 5) is 17.2. The van der Waals surface area contributed by atoms with E-state index in [0.717, 1.165) is 76.8 Å². The molecule has 0 aromatic heterocycles. The second kappa shape index (κ2) is 8.41. The lowest BCUT2D eigenvalue weighted by molar-refractivity contribution is 0.0792. The van der Waals surface area contributed by atoms with Gasteiger partial charge in [-0.15, -0.1) is 0 Å². The van der Waals surface area contributed by atoms with Crippen molar-refractivity contribution < 1.29 is 13.2 Å². The van der Waals surface area contributed by atoms with Crippen molar-refractivity contribution in [2.75, 3.05) is 44.2 Å². The number of benzene rings is 1. The van der Waals surface area contributed by atoms with Gasteiger partial charge in [0, 0.05) is 44.8 Å². The maximum Gasteiger partial charge on any atom is 0.253 e. The molecule has 6 nitrogen and oxygen atoms in total. The number of carbonyl (C=O) groups excluding carboxylic acids is 1. The van der Waals surface area contributed by atoms with Gasteiger partial charge in [-0.1, -0.05) is 6.42 Å². The van der Waals surface area contributed by atoms with Gasteiger partial charge in [-0.3, -0.25) is 4.79 Å². The Morgan fingerprint density at radius 1 is 0.750 bits per heavy atom. The zero-order valence-electron chi connectivity index (χ0n) is 16.6. The monoisotopic (exact) mass is 405 g/mol. The van der Waals surface area contributed by atoms with Crippen LogP contribution in [0.25, 0.3) is 0 Å². The third-order valence-electron chi connectivity index (χ3n) is 6.23. The number of nitrogens with zero attached hydrogens (tertiary/aromatic N) is 3. The van der Waals surface area contributed by atoms with E-state index in [1.54, 1.807) is 10.4 Å². The molecule has 3 heterocycles. The maximum absolute atomic E-state index is 13.5. The zero-order valence-corrected chi connectivity index (χ0v) is 17.4. The minimum Gasteiger partial charge on any atom is -0.370 e. The average Bonchev–Trinajstić information content (AvgIpc) is 3.29. The fourth-order valence-corrected chi connectivity index (χ4v) is 6.35. The van der Waals surface area contributed by atoms with Crippen LogP contribution < -0.4 is 4.90 Å². The first-order valence-corrected chi connectivity index (χ1v) is 12.2. The van der Waals surface area contributed by atoms with Gasteiger partial charge in [-0.25, -0.2) is 8.42 Å². The summed E-state index contributed by atoms with van der Waals surface area (Å²) in [6.07, 6.45) is 8.30. The molecule has 1 aromatic carbocycles. The molecule has 0 unspecified atom stereocenters. The molecular formula is C21H31N3O3S. The van der Waals surface area contributed by atoms with Crippen LogP contribution >= 0.6 is 0 Å². The topological polar surface area (TPSA) is 60.9 Å². The fourth-order valence-electron chi connectivity index (χ4n) is 4.60. The Kier molecular flexibility index (Phi) is 5.92. The molecule has 4 rings (SSSR count). The van der Waals surface area contributed by atoms with Gasteiger partial charge in [0.1, 0.15) is 4.90 Å². The molecule has 0 radical (unpaired) electrons. The predicted octanol–water partition coefficient (Wildman–Crippen LogP) is 3.09. The summed E-state index contributed by atoms with van der Waals surface area (Å²) in [7, 11) is -3.60. The molecule has 0 spiro atoms. The van der Waals surface area contributed by atoms with E-state index in [9.17, 15) is 13.2 Å². The van der Waals surface area contributed by atoms with E-state index < -0.39 is 10.0 Å². The van der Waals surface area contributed by atoms with Gasteiger partial charge in [-0.2, -0.15) is 4.31 Å². The smallest absolute Gasteiger partial charge is 0.253 e. The van der Waals surface area contributed by atoms with Gasteiger partial charge in [0.15, 0.2) is 0 Å². The molecule has 1 amide bonds. The summed E-state index contributed by atoms with van der Waals surface area (Å²) >= 11 is 0. The molecule has 3 saturated heterocycles. The van der Waals surface area contributed by atoms with Gasteiger partial charge in [-0.05, 0) is 63.1 Å². The van der Waals surface area contributed by atoms with Crippen LogP contribution in [0, 0.1) is 0 Å². The van der Waals surface area contributed by atoms with Crippen LogP contribution in [0.2, 0.25) is 0 Å². The number of piperidine rings is 2. The molecule has 154 valence electrons. The first-order valence-electron chi connectivity index (χ1n) is 10.8. The molecule has 0 aliphatic carbocycles. The molecular weight excluding hydrogens is 374 g/mol. The summed E-state index contributed by atoms with van der Waals surface area (Å²) in [5.41, 5.74) is 1.27. The van der Waals surface area contributed by atoms with Gasteiger partial charge in [0.05, 0.1) is 5.69 Å². The summed E-state index contributed by atoms with van der Waals surface area (Å²) in [6.45, 7) is 4.43. The Hall–Kier alpha value is -1.60. The van der Waals surface area contributed by atoms with E-state index in [1.165, 1.54) is 6.42 Å². The third-order valence-corrected chi connectivity index (χ3v) is 8.16. The van der Waals surface area contributed by atoms with Crippen LogP contribution in [-0.2, 0) is 10.0 Å². The number of sulfonamides is 1. The van der Waals surface area contributed by atoms with Crippen molar-refractivity contribution in [3.05, 3.63) is 23.8 Å². The molecule has 3 fully saturated rings. The number of likely N-dealkylation sites (tertiary alicyclic amines) is 1. The van der Waals surface area contributed by atoms with E-state index in [-0.39, 0.29) is 5.91 Å². The van der Waals surface area contributed by atoms with Crippen LogP contribution in [0.5, 0.6) is 0 Å². The standard InChI is InChI=1S/C21H31N3O3S/c25-21(23-13-7-8-14-23)18-9-10-19(22-11-3-1-4-12-22)20(17-18)28(26,27)24-15-5-2-6-16-24/h9-10,17H,1-8,11-16H2. The Labute approximate surface area is 168 Å².